The summed E-state index contributed by atoms with van der Waals surface area (Å²) in [6.45, 7) is 3.87. The Morgan fingerprint density at radius 2 is 1.95 bits per heavy atom. The molecule has 0 unspecified atom stereocenters. The van der Waals surface area contributed by atoms with Crippen molar-refractivity contribution in [2.24, 2.45) is 5.73 Å². The molecule has 1 heterocycles. The number of hydrogen-bond acceptors (Lipinski definition) is 4. The summed E-state index contributed by atoms with van der Waals surface area (Å²) in [5, 5.41) is 15.7. The van der Waals surface area contributed by atoms with Gasteiger partial charge in [-0.15, -0.1) is 0 Å². The second kappa shape index (κ2) is 5.69. The molecule has 1 aliphatic rings. The van der Waals surface area contributed by atoms with Crippen molar-refractivity contribution in [1.29, 1.82) is 0 Å². The highest BCUT2D eigenvalue weighted by atomic mass is 16.6. The van der Waals surface area contributed by atoms with Crippen molar-refractivity contribution in [2.75, 3.05) is 0 Å². The summed E-state index contributed by atoms with van der Waals surface area (Å²) in [5.74, 6) is 0. The highest BCUT2D eigenvalue weighted by Crippen LogP contribution is 2.33. The Morgan fingerprint density at radius 3 is 2.42 bits per heavy atom. The molecule has 1 aromatic heterocycles. The van der Waals surface area contributed by atoms with E-state index in [2.05, 4.69) is 5.10 Å². The number of hydrogen-bond donors (Lipinski definition) is 1. The molecule has 0 radical (unpaired) electrons. The number of nitrogens with two attached hydrogens (primary N) is 1. The summed E-state index contributed by atoms with van der Waals surface area (Å²) in [7, 11) is 0. The van der Waals surface area contributed by atoms with Crippen LogP contribution >= 0.6 is 0 Å². The first-order valence-electron chi connectivity index (χ1n) is 7.08. The average molecular weight is 266 g/mol. The molecule has 0 amide bonds. The molecule has 0 bridgehead atoms. The molecule has 1 saturated carbocycles. The van der Waals surface area contributed by atoms with Crippen LogP contribution in [0.5, 0.6) is 0 Å². The molecule has 19 heavy (non-hydrogen) atoms. The predicted octanol–water partition coefficient (Wildman–Crippen LogP) is 2.36. The Kier molecular flexibility index (Phi) is 4.19. The van der Waals surface area contributed by atoms with Gasteiger partial charge in [0.15, 0.2) is 0 Å². The summed E-state index contributed by atoms with van der Waals surface area (Å²) in [4.78, 5) is 11.0. The minimum Gasteiger partial charge on any atom is -0.328 e. The van der Waals surface area contributed by atoms with Crippen LogP contribution in [0.25, 0.3) is 0 Å². The smallest absolute Gasteiger partial charge is 0.313 e. The molecule has 2 N–H and O–H groups in total. The van der Waals surface area contributed by atoms with Crippen molar-refractivity contribution in [1.82, 2.24) is 9.78 Å². The van der Waals surface area contributed by atoms with E-state index in [-0.39, 0.29) is 22.7 Å². The third-order valence-electron chi connectivity index (χ3n) is 3.99. The minimum atomic E-state index is -0.282. The monoisotopic (exact) mass is 266 g/mol. The second-order valence-electron chi connectivity index (χ2n) is 5.22. The highest BCUT2D eigenvalue weighted by molar-refractivity contribution is 5.41. The molecule has 0 spiro atoms. The van der Waals surface area contributed by atoms with Crippen molar-refractivity contribution in [3.63, 3.8) is 0 Å². The Labute approximate surface area is 113 Å². The Morgan fingerprint density at radius 1 is 1.32 bits per heavy atom. The molecule has 1 aliphatic carbocycles. The molecule has 6 nitrogen and oxygen atoms in total. The lowest BCUT2D eigenvalue weighted by molar-refractivity contribution is -0.386. The summed E-state index contributed by atoms with van der Waals surface area (Å²) < 4.78 is 1.91. The first-order chi connectivity index (χ1) is 9.08. The van der Waals surface area contributed by atoms with Gasteiger partial charge in [0.25, 0.3) is 0 Å². The lowest BCUT2D eigenvalue weighted by atomic mass is 9.92. The van der Waals surface area contributed by atoms with E-state index >= 15 is 0 Å². The molecule has 0 atom stereocenters. The van der Waals surface area contributed by atoms with E-state index in [1.54, 1.807) is 0 Å². The van der Waals surface area contributed by atoms with E-state index in [1.165, 1.54) is 0 Å². The third-order valence-corrected chi connectivity index (χ3v) is 3.99. The Hall–Kier alpha value is -1.43. The van der Waals surface area contributed by atoms with Gasteiger partial charge in [-0.2, -0.15) is 5.10 Å². The van der Waals surface area contributed by atoms with Crippen LogP contribution < -0.4 is 5.73 Å². The zero-order valence-electron chi connectivity index (χ0n) is 11.6. The molecule has 106 valence electrons. The van der Waals surface area contributed by atoms with E-state index in [9.17, 15) is 10.1 Å². The van der Waals surface area contributed by atoms with Crippen LogP contribution in [0, 0.1) is 10.1 Å². The van der Waals surface area contributed by atoms with Crippen LogP contribution in [0.2, 0.25) is 0 Å². The van der Waals surface area contributed by atoms with Crippen molar-refractivity contribution in [3.05, 3.63) is 21.5 Å². The summed E-state index contributed by atoms with van der Waals surface area (Å²) in [5.41, 5.74) is 7.51. The Balaban J connectivity index is 2.37. The molecule has 0 aromatic carbocycles. The molecule has 0 saturated heterocycles. The fourth-order valence-electron chi connectivity index (χ4n) is 2.94. The van der Waals surface area contributed by atoms with Crippen LogP contribution in [0.1, 0.15) is 57.0 Å². The molecule has 2 rings (SSSR count). The SMILES string of the molecule is CCc1nn(C2CCC(N)CC2)c(CC)c1[N+](=O)[O-]. The van der Waals surface area contributed by atoms with E-state index < -0.39 is 0 Å². The van der Waals surface area contributed by atoms with Crippen molar-refractivity contribution in [3.8, 4) is 0 Å². The van der Waals surface area contributed by atoms with Gasteiger partial charge in [-0.25, -0.2) is 0 Å². The van der Waals surface area contributed by atoms with Crippen LogP contribution in [0.4, 0.5) is 5.69 Å². The molecule has 0 aliphatic heterocycles. The number of nitrogens with zero attached hydrogens (tertiary/aromatic N) is 3. The Bertz CT molecular complexity index is 461. The first-order valence-corrected chi connectivity index (χ1v) is 7.08. The fourth-order valence-corrected chi connectivity index (χ4v) is 2.94. The fraction of sp³-hybridized carbons (Fsp3) is 0.769. The molecular weight excluding hydrogens is 244 g/mol. The van der Waals surface area contributed by atoms with Crippen molar-refractivity contribution in [2.45, 2.75) is 64.5 Å². The number of aryl methyl sites for hydroxylation is 1. The molecule has 6 heteroatoms. The number of rotatable bonds is 4. The maximum atomic E-state index is 11.2. The summed E-state index contributed by atoms with van der Waals surface area (Å²) in [6, 6.07) is 0.547. The number of aromatic nitrogens is 2. The van der Waals surface area contributed by atoms with E-state index in [0.717, 1.165) is 31.4 Å². The van der Waals surface area contributed by atoms with Crippen LogP contribution in [0.15, 0.2) is 0 Å². The molecule has 1 aromatic rings. The standard InChI is InChI=1S/C13H22N4O2/c1-3-11-13(17(18)19)12(4-2)16(15-11)10-7-5-9(14)6-8-10/h9-10H,3-8,14H2,1-2H3. The number of nitro groups is 1. The minimum absolute atomic E-state index is 0.222. The highest BCUT2D eigenvalue weighted by Gasteiger charge is 2.30. The predicted molar refractivity (Wildman–Crippen MR) is 73.1 cm³/mol. The van der Waals surface area contributed by atoms with Crippen LogP contribution in [-0.4, -0.2) is 20.7 Å². The van der Waals surface area contributed by atoms with Crippen LogP contribution in [-0.2, 0) is 12.8 Å². The molecule has 1 fully saturated rings. The van der Waals surface area contributed by atoms with Crippen molar-refractivity contribution >= 4 is 5.69 Å². The zero-order chi connectivity index (χ0) is 14.0. The van der Waals surface area contributed by atoms with Gasteiger partial charge >= 0.3 is 5.69 Å². The van der Waals surface area contributed by atoms with Gasteiger partial charge in [0.05, 0.1) is 11.0 Å². The lowest BCUT2D eigenvalue weighted by Crippen LogP contribution is -2.28. The molecular formula is C13H22N4O2. The van der Waals surface area contributed by atoms with E-state index in [4.69, 9.17) is 5.73 Å². The van der Waals surface area contributed by atoms with E-state index in [1.807, 2.05) is 18.5 Å². The van der Waals surface area contributed by atoms with Gasteiger partial charge in [-0.3, -0.25) is 14.8 Å². The maximum Gasteiger partial charge on any atom is 0.313 e. The quantitative estimate of drug-likeness (QED) is 0.669. The average Bonchev–Trinajstić information content (AvgIpc) is 2.78. The largest absolute Gasteiger partial charge is 0.328 e. The summed E-state index contributed by atoms with van der Waals surface area (Å²) >= 11 is 0. The maximum absolute atomic E-state index is 11.2. The van der Waals surface area contributed by atoms with Gasteiger partial charge in [-0.1, -0.05) is 13.8 Å². The second-order valence-corrected chi connectivity index (χ2v) is 5.22. The van der Waals surface area contributed by atoms with Gasteiger partial charge in [0.1, 0.15) is 11.4 Å². The van der Waals surface area contributed by atoms with Crippen molar-refractivity contribution < 1.29 is 4.92 Å². The lowest BCUT2D eigenvalue weighted by Gasteiger charge is -2.27. The van der Waals surface area contributed by atoms with E-state index in [0.29, 0.717) is 18.5 Å². The van der Waals surface area contributed by atoms with Crippen LogP contribution in [0.3, 0.4) is 0 Å². The normalized spacial score (nSPS) is 23.5. The van der Waals surface area contributed by atoms with Gasteiger partial charge in [0.2, 0.25) is 0 Å². The van der Waals surface area contributed by atoms with Gasteiger partial charge < -0.3 is 5.73 Å². The first kappa shape index (κ1) is 14.0. The third kappa shape index (κ3) is 2.63. The zero-order valence-corrected chi connectivity index (χ0v) is 11.6. The van der Waals surface area contributed by atoms with Gasteiger partial charge in [0, 0.05) is 6.04 Å². The topological polar surface area (TPSA) is 87.0 Å². The summed E-state index contributed by atoms with van der Waals surface area (Å²) in [6.07, 6.45) is 5.13. The van der Waals surface area contributed by atoms with Gasteiger partial charge in [-0.05, 0) is 38.5 Å².